The van der Waals surface area contributed by atoms with Crippen LogP contribution in [0.4, 0.5) is 5.69 Å². The molecule has 1 aromatic heterocycles. The predicted molar refractivity (Wildman–Crippen MR) is 73.6 cm³/mol. The first kappa shape index (κ1) is 11.1. The lowest BCUT2D eigenvalue weighted by Gasteiger charge is -2.02. The van der Waals surface area contributed by atoms with E-state index in [0.29, 0.717) is 22.2 Å². The number of rotatable bonds is 1. The van der Waals surface area contributed by atoms with E-state index in [2.05, 4.69) is 4.98 Å². The Morgan fingerprint density at radius 3 is 2.89 bits per heavy atom. The Hall–Kier alpha value is -2.00. The number of fused-ring (bicyclic) bond motifs is 1. The zero-order valence-corrected chi connectivity index (χ0v) is 10.5. The smallest absolute Gasteiger partial charge is 0.227 e. The molecular formula is C14H11ClN2O. The maximum atomic E-state index is 6.10. The van der Waals surface area contributed by atoms with Crippen molar-refractivity contribution in [3.63, 3.8) is 0 Å². The summed E-state index contributed by atoms with van der Waals surface area (Å²) in [7, 11) is 0. The molecule has 0 spiro atoms. The highest BCUT2D eigenvalue weighted by Gasteiger charge is 2.11. The van der Waals surface area contributed by atoms with Gasteiger partial charge in [-0.1, -0.05) is 17.7 Å². The van der Waals surface area contributed by atoms with E-state index in [1.54, 1.807) is 12.1 Å². The largest absolute Gasteiger partial charge is 0.436 e. The number of nitrogen functional groups attached to an aromatic ring is 1. The first-order valence-electron chi connectivity index (χ1n) is 5.57. The van der Waals surface area contributed by atoms with E-state index in [1.165, 1.54) is 0 Å². The summed E-state index contributed by atoms with van der Waals surface area (Å²) in [4.78, 5) is 4.45. The van der Waals surface area contributed by atoms with Crippen LogP contribution in [0.3, 0.4) is 0 Å². The molecule has 0 unspecified atom stereocenters. The third-order valence-electron chi connectivity index (χ3n) is 2.91. The summed E-state index contributed by atoms with van der Waals surface area (Å²) >= 11 is 6.10. The number of aromatic nitrogens is 1. The lowest BCUT2D eigenvalue weighted by atomic mass is 10.1. The Kier molecular flexibility index (Phi) is 2.49. The van der Waals surface area contributed by atoms with Gasteiger partial charge in [-0.15, -0.1) is 0 Å². The highest BCUT2D eigenvalue weighted by molar-refractivity contribution is 6.31. The maximum Gasteiger partial charge on any atom is 0.227 e. The summed E-state index contributed by atoms with van der Waals surface area (Å²) in [6.45, 7) is 1.95. The average molecular weight is 259 g/mol. The van der Waals surface area contributed by atoms with E-state index >= 15 is 0 Å². The van der Waals surface area contributed by atoms with Crippen LogP contribution in [0.5, 0.6) is 0 Å². The van der Waals surface area contributed by atoms with Gasteiger partial charge >= 0.3 is 0 Å². The van der Waals surface area contributed by atoms with Gasteiger partial charge in [0.1, 0.15) is 5.52 Å². The van der Waals surface area contributed by atoms with Crippen LogP contribution < -0.4 is 5.73 Å². The van der Waals surface area contributed by atoms with Crippen molar-refractivity contribution in [1.29, 1.82) is 0 Å². The predicted octanol–water partition coefficient (Wildman–Crippen LogP) is 4.04. The van der Waals surface area contributed by atoms with Crippen LogP contribution in [0.1, 0.15) is 5.56 Å². The summed E-state index contributed by atoms with van der Waals surface area (Å²) in [5, 5.41) is 0.703. The van der Waals surface area contributed by atoms with Crippen LogP contribution in [-0.2, 0) is 0 Å². The van der Waals surface area contributed by atoms with Gasteiger partial charge in [0.2, 0.25) is 5.89 Å². The fourth-order valence-corrected chi connectivity index (χ4v) is 2.07. The molecule has 2 aromatic carbocycles. The molecule has 1 heterocycles. The maximum absolute atomic E-state index is 6.10. The van der Waals surface area contributed by atoms with E-state index < -0.39 is 0 Å². The van der Waals surface area contributed by atoms with Crippen LogP contribution in [0.15, 0.2) is 40.8 Å². The molecule has 0 saturated carbocycles. The van der Waals surface area contributed by atoms with Crippen LogP contribution in [0, 0.1) is 6.92 Å². The van der Waals surface area contributed by atoms with Crippen molar-refractivity contribution in [2.45, 2.75) is 6.92 Å². The fourth-order valence-electron chi connectivity index (χ4n) is 1.90. The minimum atomic E-state index is 0.565. The van der Waals surface area contributed by atoms with Crippen molar-refractivity contribution in [3.05, 3.63) is 47.0 Å². The molecule has 0 atom stereocenters. The molecule has 0 aliphatic carbocycles. The van der Waals surface area contributed by atoms with Crippen molar-refractivity contribution < 1.29 is 4.42 Å². The van der Waals surface area contributed by atoms with Crippen molar-refractivity contribution >= 4 is 28.4 Å². The Morgan fingerprint density at radius 1 is 1.22 bits per heavy atom. The normalized spacial score (nSPS) is 11.0. The molecule has 4 heteroatoms. The molecule has 0 aliphatic rings. The van der Waals surface area contributed by atoms with Crippen LogP contribution in [-0.4, -0.2) is 4.98 Å². The standard InChI is InChI=1S/C14H11ClN2O/c1-8-10(3-2-4-11(8)15)14-17-12-6-5-9(16)7-13(12)18-14/h2-7H,16H2,1H3. The second kappa shape index (κ2) is 4.03. The van der Waals surface area contributed by atoms with Gasteiger partial charge in [-0.05, 0) is 36.8 Å². The highest BCUT2D eigenvalue weighted by Crippen LogP contribution is 2.30. The van der Waals surface area contributed by atoms with E-state index in [9.17, 15) is 0 Å². The van der Waals surface area contributed by atoms with Gasteiger partial charge in [0.25, 0.3) is 0 Å². The second-order valence-electron chi connectivity index (χ2n) is 4.16. The quantitative estimate of drug-likeness (QED) is 0.670. The monoisotopic (exact) mass is 258 g/mol. The van der Waals surface area contributed by atoms with Crippen molar-refractivity contribution in [2.24, 2.45) is 0 Å². The lowest BCUT2D eigenvalue weighted by Crippen LogP contribution is -1.83. The third kappa shape index (κ3) is 1.73. The van der Waals surface area contributed by atoms with E-state index in [1.807, 2.05) is 31.2 Å². The molecule has 90 valence electrons. The minimum Gasteiger partial charge on any atom is -0.436 e. The van der Waals surface area contributed by atoms with Crippen molar-refractivity contribution in [3.8, 4) is 11.5 Å². The average Bonchev–Trinajstić information content (AvgIpc) is 2.75. The van der Waals surface area contributed by atoms with Gasteiger partial charge in [-0.25, -0.2) is 4.98 Å². The van der Waals surface area contributed by atoms with Crippen molar-refractivity contribution in [1.82, 2.24) is 4.98 Å². The zero-order chi connectivity index (χ0) is 12.7. The third-order valence-corrected chi connectivity index (χ3v) is 3.32. The Morgan fingerprint density at radius 2 is 2.06 bits per heavy atom. The number of hydrogen-bond donors (Lipinski definition) is 1. The Labute approximate surface area is 109 Å². The lowest BCUT2D eigenvalue weighted by molar-refractivity contribution is 0.619. The molecule has 3 aromatic rings. The van der Waals surface area contributed by atoms with E-state index in [0.717, 1.165) is 16.6 Å². The van der Waals surface area contributed by atoms with E-state index in [-0.39, 0.29) is 0 Å². The molecule has 0 amide bonds. The summed E-state index contributed by atoms with van der Waals surface area (Å²) < 4.78 is 5.72. The molecule has 0 saturated heterocycles. The zero-order valence-electron chi connectivity index (χ0n) is 9.77. The van der Waals surface area contributed by atoms with Gasteiger partial charge in [-0.3, -0.25) is 0 Å². The van der Waals surface area contributed by atoms with Gasteiger partial charge in [0.05, 0.1) is 0 Å². The van der Waals surface area contributed by atoms with Crippen LogP contribution in [0.25, 0.3) is 22.6 Å². The number of nitrogens with two attached hydrogens (primary N) is 1. The summed E-state index contributed by atoms with van der Waals surface area (Å²) in [6.07, 6.45) is 0. The number of anilines is 1. The topological polar surface area (TPSA) is 52.0 Å². The molecule has 18 heavy (non-hydrogen) atoms. The SMILES string of the molecule is Cc1c(Cl)cccc1-c1nc2ccc(N)cc2o1. The molecule has 0 radical (unpaired) electrons. The molecule has 3 nitrogen and oxygen atoms in total. The molecule has 3 rings (SSSR count). The van der Waals surface area contributed by atoms with Crippen molar-refractivity contribution in [2.75, 3.05) is 5.73 Å². The number of benzene rings is 2. The molecule has 0 fully saturated rings. The number of hydrogen-bond acceptors (Lipinski definition) is 3. The summed E-state index contributed by atoms with van der Waals surface area (Å²) in [5.41, 5.74) is 9.71. The Balaban J connectivity index is 2.22. The second-order valence-corrected chi connectivity index (χ2v) is 4.57. The van der Waals surface area contributed by atoms with Crippen LogP contribution >= 0.6 is 11.6 Å². The fraction of sp³-hybridized carbons (Fsp3) is 0.0714. The molecule has 0 aliphatic heterocycles. The van der Waals surface area contributed by atoms with Gasteiger partial charge in [0.15, 0.2) is 5.58 Å². The summed E-state index contributed by atoms with van der Waals surface area (Å²) in [5.74, 6) is 0.565. The summed E-state index contributed by atoms with van der Waals surface area (Å²) in [6, 6.07) is 11.1. The first-order chi connectivity index (χ1) is 8.65. The number of nitrogens with zero attached hydrogens (tertiary/aromatic N) is 1. The van der Waals surface area contributed by atoms with Gasteiger partial charge < -0.3 is 10.2 Å². The van der Waals surface area contributed by atoms with Crippen LogP contribution in [0.2, 0.25) is 5.02 Å². The number of oxazole rings is 1. The first-order valence-corrected chi connectivity index (χ1v) is 5.94. The van der Waals surface area contributed by atoms with E-state index in [4.69, 9.17) is 21.8 Å². The Bertz CT molecular complexity index is 734. The highest BCUT2D eigenvalue weighted by atomic mass is 35.5. The number of halogens is 1. The molecule has 0 bridgehead atoms. The minimum absolute atomic E-state index is 0.565. The van der Waals surface area contributed by atoms with Gasteiger partial charge in [-0.2, -0.15) is 0 Å². The molecular weight excluding hydrogens is 248 g/mol. The molecule has 2 N–H and O–H groups in total. The van der Waals surface area contributed by atoms with Gasteiger partial charge in [0, 0.05) is 22.3 Å².